The second-order valence-corrected chi connectivity index (χ2v) is 7.10. The number of benzene rings is 2. The van der Waals surface area contributed by atoms with Gasteiger partial charge in [-0.1, -0.05) is 23.2 Å². The maximum atomic E-state index is 12.5. The molecule has 3 aromatic rings. The normalized spacial score (nSPS) is 14.8. The molecule has 0 unspecified atom stereocenters. The lowest BCUT2D eigenvalue weighted by Gasteiger charge is -2.05. The fraction of sp³-hybridized carbons (Fsp3) is 0.150. The van der Waals surface area contributed by atoms with Crippen LogP contribution in [-0.2, 0) is 11.8 Å². The summed E-state index contributed by atoms with van der Waals surface area (Å²) in [6, 6.07) is 9.32. The summed E-state index contributed by atoms with van der Waals surface area (Å²) >= 11 is 12.7. The van der Waals surface area contributed by atoms with Gasteiger partial charge in [-0.3, -0.25) is 4.79 Å². The maximum absolute atomic E-state index is 12.5. The number of ether oxygens (including phenoxy) is 1. The first-order valence-corrected chi connectivity index (χ1v) is 8.81. The molecule has 26 heavy (non-hydrogen) atoms. The molecular weight excluding hydrogens is 371 g/mol. The number of anilines is 1. The highest BCUT2D eigenvalue weighted by Gasteiger charge is 2.25. The zero-order valence-corrected chi connectivity index (χ0v) is 16.0. The highest BCUT2D eigenvalue weighted by Crippen LogP contribution is 2.39. The summed E-state index contributed by atoms with van der Waals surface area (Å²) < 4.78 is 7.35. The molecule has 1 amide bonds. The number of halogens is 2. The Kier molecular flexibility index (Phi) is 3.98. The molecule has 1 aromatic heterocycles. The van der Waals surface area contributed by atoms with E-state index in [1.54, 1.807) is 25.3 Å². The Morgan fingerprint density at radius 2 is 1.96 bits per heavy atom. The van der Waals surface area contributed by atoms with Gasteiger partial charge in [0, 0.05) is 39.8 Å². The van der Waals surface area contributed by atoms with E-state index in [9.17, 15) is 4.79 Å². The molecule has 0 bridgehead atoms. The molecule has 1 aliphatic heterocycles. The summed E-state index contributed by atoms with van der Waals surface area (Å²) in [5.41, 5.74) is 4.83. The van der Waals surface area contributed by atoms with Crippen LogP contribution in [0.2, 0.25) is 10.2 Å². The number of hydrogen-bond acceptors (Lipinski definition) is 2. The van der Waals surface area contributed by atoms with Gasteiger partial charge in [0.25, 0.3) is 5.91 Å². The zero-order valence-electron chi connectivity index (χ0n) is 14.5. The monoisotopic (exact) mass is 386 g/mol. The van der Waals surface area contributed by atoms with Crippen LogP contribution in [0.4, 0.5) is 5.69 Å². The molecule has 0 spiro atoms. The molecule has 0 atom stereocenters. The molecule has 0 saturated carbocycles. The predicted molar refractivity (Wildman–Crippen MR) is 107 cm³/mol. The Bertz CT molecular complexity index is 1110. The average Bonchev–Trinajstić information content (AvgIpc) is 3.04. The Hall–Kier alpha value is -2.43. The minimum Gasteiger partial charge on any atom is -0.496 e. The standard InChI is InChI=1S/C20H16Cl2N2O2/c1-10-6-17-13(9-18(10)26-3)14(19(22)24(17)2)8-15-12-7-11(21)4-5-16(12)23-20(15)25/h4-9H,1-3H3,(H,23,25)/b15-8+. The van der Waals surface area contributed by atoms with Crippen LogP contribution in [-0.4, -0.2) is 17.6 Å². The third-order valence-corrected chi connectivity index (χ3v) is 5.43. The topological polar surface area (TPSA) is 43.3 Å². The number of aryl methyl sites for hydroxylation is 2. The number of carbonyl (C=O) groups is 1. The van der Waals surface area contributed by atoms with Crippen LogP contribution in [0.1, 0.15) is 16.7 Å². The number of hydrogen-bond donors (Lipinski definition) is 1. The van der Waals surface area contributed by atoms with Crippen molar-refractivity contribution in [1.82, 2.24) is 4.57 Å². The first-order valence-electron chi connectivity index (χ1n) is 8.06. The quantitative estimate of drug-likeness (QED) is 0.607. The molecule has 1 aliphatic rings. The lowest BCUT2D eigenvalue weighted by molar-refractivity contribution is -0.110. The number of fused-ring (bicyclic) bond motifs is 2. The van der Waals surface area contributed by atoms with E-state index in [1.807, 2.05) is 36.7 Å². The van der Waals surface area contributed by atoms with Crippen molar-refractivity contribution < 1.29 is 9.53 Å². The number of rotatable bonds is 2. The van der Waals surface area contributed by atoms with Crippen LogP contribution >= 0.6 is 23.2 Å². The molecule has 2 heterocycles. The van der Waals surface area contributed by atoms with Gasteiger partial charge >= 0.3 is 0 Å². The smallest absolute Gasteiger partial charge is 0.256 e. The highest BCUT2D eigenvalue weighted by atomic mass is 35.5. The summed E-state index contributed by atoms with van der Waals surface area (Å²) in [4.78, 5) is 12.5. The van der Waals surface area contributed by atoms with Crippen molar-refractivity contribution in [3.05, 3.63) is 57.2 Å². The van der Waals surface area contributed by atoms with E-state index in [-0.39, 0.29) is 5.91 Å². The highest BCUT2D eigenvalue weighted by molar-refractivity contribution is 6.39. The molecule has 4 nitrogen and oxygen atoms in total. The van der Waals surface area contributed by atoms with Gasteiger partial charge in [0.05, 0.1) is 12.6 Å². The van der Waals surface area contributed by atoms with Crippen LogP contribution in [0.3, 0.4) is 0 Å². The van der Waals surface area contributed by atoms with E-state index in [2.05, 4.69) is 5.32 Å². The molecule has 6 heteroatoms. The number of amides is 1. The second-order valence-electron chi connectivity index (χ2n) is 6.30. The number of carbonyl (C=O) groups excluding carboxylic acids is 1. The van der Waals surface area contributed by atoms with Crippen molar-refractivity contribution in [3.63, 3.8) is 0 Å². The van der Waals surface area contributed by atoms with E-state index >= 15 is 0 Å². The largest absolute Gasteiger partial charge is 0.496 e. The molecule has 1 N–H and O–H groups in total. The van der Waals surface area contributed by atoms with E-state index in [0.717, 1.165) is 39.0 Å². The molecular formula is C20H16Cl2N2O2. The minimum atomic E-state index is -0.172. The third-order valence-electron chi connectivity index (χ3n) is 4.73. The first-order chi connectivity index (χ1) is 12.4. The van der Waals surface area contributed by atoms with Gasteiger partial charge in [-0.2, -0.15) is 0 Å². The minimum absolute atomic E-state index is 0.172. The van der Waals surface area contributed by atoms with Crippen molar-refractivity contribution in [2.45, 2.75) is 6.92 Å². The van der Waals surface area contributed by atoms with Gasteiger partial charge in [-0.15, -0.1) is 0 Å². The summed E-state index contributed by atoms with van der Waals surface area (Å²) in [7, 11) is 3.54. The fourth-order valence-electron chi connectivity index (χ4n) is 3.37. The van der Waals surface area contributed by atoms with Gasteiger partial charge < -0.3 is 14.6 Å². The molecule has 0 radical (unpaired) electrons. The second kappa shape index (κ2) is 6.08. The van der Waals surface area contributed by atoms with Crippen molar-refractivity contribution in [2.75, 3.05) is 12.4 Å². The molecule has 2 aromatic carbocycles. The molecule has 0 saturated heterocycles. The van der Waals surface area contributed by atoms with Crippen LogP contribution < -0.4 is 10.1 Å². The van der Waals surface area contributed by atoms with Gasteiger partial charge in [0.2, 0.25) is 0 Å². The number of aromatic nitrogens is 1. The van der Waals surface area contributed by atoms with E-state index in [4.69, 9.17) is 27.9 Å². The van der Waals surface area contributed by atoms with Crippen molar-refractivity contribution in [2.24, 2.45) is 7.05 Å². The summed E-state index contributed by atoms with van der Waals surface area (Å²) in [5.74, 6) is 0.605. The van der Waals surface area contributed by atoms with Gasteiger partial charge in [-0.05, 0) is 48.9 Å². The van der Waals surface area contributed by atoms with Crippen molar-refractivity contribution >= 4 is 57.3 Å². The Balaban J connectivity index is 1.99. The first kappa shape index (κ1) is 17.0. The van der Waals surface area contributed by atoms with Crippen LogP contribution in [0.5, 0.6) is 5.75 Å². The Morgan fingerprint density at radius 1 is 1.19 bits per heavy atom. The number of methoxy groups -OCH3 is 1. The summed E-state index contributed by atoms with van der Waals surface area (Å²) in [6.45, 7) is 1.99. The van der Waals surface area contributed by atoms with Crippen LogP contribution in [0, 0.1) is 6.92 Å². The van der Waals surface area contributed by atoms with E-state index in [0.29, 0.717) is 15.7 Å². The van der Waals surface area contributed by atoms with Gasteiger partial charge in [0.1, 0.15) is 10.9 Å². The van der Waals surface area contributed by atoms with Gasteiger partial charge in [-0.25, -0.2) is 0 Å². The molecule has 132 valence electrons. The SMILES string of the molecule is COc1cc2c(/C=C3/C(=O)Nc4ccc(Cl)cc43)c(Cl)n(C)c2cc1C. The summed E-state index contributed by atoms with van der Waals surface area (Å²) in [5, 5.41) is 4.92. The van der Waals surface area contributed by atoms with Crippen molar-refractivity contribution in [1.29, 1.82) is 0 Å². The van der Waals surface area contributed by atoms with Crippen LogP contribution in [0.25, 0.3) is 22.6 Å². The predicted octanol–water partition coefficient (Wildman–Crippen LogP) is 5.29. The molecule has 0 aliphatic carbocycles. The van der Waals surface area contributed by atoms with Gasteiger partial charge in [0.15, 0.2) is 0 Å². The fourth-order valence-corrected chi connectivity index (χ4v) is 3.79. The summed E-state index contributed by atoms with van der Waals surface area (Å²) in [6.07, 6.45) is 1.82. The average molecular weight is 387 g/mol. The Morgan fingerprint density at radius 3 is 2.69 bits per heavy atom. The number of nitrogens with one attached hydrogen (secondary N) is 1. The number of nitrogens with zero attached hydrogens (tertiary/aromatic N) is 1. The van der Waals surface area contributed by atoms with E-state index < -0.39 is 0 Å². The molecule has 0 fully saturated rings. The zero-order chi connectivity index (χ0) is 18.6. The molecule has 4 rings (SSSR count). The van der Waals surface area contributed by atoms with Crippen molar-refractivity contribution in [3.8, 4) is 5.75 Å². The third kappa shape index (κ3) is 2.49. The van der Waals surface area contributed by atoms with Crippen LogP contribution in [0.15, 0.2) is 30.3 Å². The van der Waals surface area contributed by atoms with E-state index in [1.165, 1.54) is 0 Å². The Labute approximate surface area is 161 Å². The lowest BCUT2D eigenvalue weighted by atomic mass is 10.0. The maximum Gasteiger partial charge on any atom is 0.256 e. The lowest BCUT2D eigenvalue weighted by Crippen LogP contribution is -2.03.